The van der Waals surface area contributed by atoms with E-state index in [1.165, 1.54) is 11.6 Å². The Bertz CT molecular complexity index is 1810. The molecule has 4 aliphatic carbocycles. The van der Waals surface area contributed by atoms with Crippen LogP contribution in [-0.2, 0) is 30.3 Å². The third-order valence-electron chi connectivity index (χ3n) is 13.4. The number of amides is 1. The molecule has 0 aromatic heterocycles. The number of anilines is 1. The van der Waals surface area contributed by atoms with Crippen molar-refractivity contribution in [3.63, 3.8) is 0 Å². The van der Waals surface area contributed by atoms with Crippen molar-refractivity contribution in [3.05, 3.63) is 77.4 Å². The van der Waals surface area contributed by atoms with Gasteiger partial charge in [0.15, 0.2) is 23.5 Å². The van der Waals surface area contributed by atoms with E-state index in [-0.39, 0.29) is 52.2 Å². The maximum atomic E-state index is 13.2. The first-order chi connectivity index (χ1) is 26.7. The topological polar surface area (TPSA) is 184 Å². The molecule has 5 aliphatic rings. The summed E-state index contributed by atoms with van der Waals surface area (Å²) < 4.78 is 17.8. The summed E-state index contributed by atoms with van der Waals surface area (Å²) in [6, 6.07) is 12.7. The molecule has 3 saturated carbocycles. The molecule has 1 amide bonds. The Morgan fingerprint density at radius 2 is 1.91 bits per heavy atom. The summed E-state index contributed by atoms with van der Waals surface area (Å²) in [6.07, 6.45) is 8.88. The maximum Gasteiger partial charge on any atom is 0.211 e. The third-order valence-corrected chi connectivity index (χ3v) is 13.4. The lowest BCUT2D eigenvalue weighted by Crippen LogP contribution is -2.63. The summed E-state index contributed by atoms with van der Waals surface area (Å²) in [5, 5.41) is 47.1. The second-order valence-electron chi connectivity index (χ2n) is 16.6. The number of aliphatic hydroxyl groups is 3. The first-order valence-corrected chi connectivity index (χ1v) is 19.9. The average Bonchev–Trinajstić information content (AvgIpc) is 3.66. The molecule has 1 heterocycles. The number of phenols is 1. The molecule has 6 N–H and O–H groups in total. The van der Waals surface area contributed by atoms with Gasteiger partial charge in [-0.3, -0.25) is 14.4 Å². The molecule has 1 unspecified atom stereocenters. The minimum Gasteiger partial charge on any atom is -0.506 e. The molecule has 7 rings (SSSR count). The van der Waals surface area contributed by atoms with Gasteiger partial charge in [0.25, 0.3) is 0 Å². The van der Waals surface area contributed by atoms with Crippen LogP contribution in [0.4, 0.5) is 5.69 Å². The number of benzene rings is 2. The number of hydrogen-bond donors (Lipinski definition) is 6. The van der Waals surface area contributed by atoms with Gasteiger partial charge in [0.2, 0.25) is 6.41 Å². The molecule has 0 spiro atoms. The highest BCUT2D eigenvalue weighted by Crippen LogP contribution is 2.69. The van der Waals surface area contributed by atoms with E-state index < -0.39 is 42.2 Å². The zero-order valence-electron chi connectivity index (χ0n) is 33.1. The normalized spacial score (nSPS) is 33.7. The van der Waals surface area contributed by atoms with Crippen LogP contribution in [0.3, 0.4) is 0 Å². The molecule has 4 fully saturated rings. The Kier molecular flexibility index (Phi) is 12.6. The summed E-state index contributed by atoms with van der Waals surface area (Å²) in [7, 11) is 1.64. The molecule has 12 nitrogen and oxygen atoms in total. The van der Waals surface area contributed by atoms with Crippen molar-refractivity contribution in [2.75, 3.05) is 25.6 Å². The second-order valence-corrected chi connectivity index (χ2v) is 16.6. The molecule has 11 atom stereocenters. The van der Waals surface area contributed by atoms with E-state index in [4.69, 9.17) is 14.2 Å². The first kappa shape index (κ1) is 41.7. The molecule has 2 aromatic carbocycles. The molecule has 0 radical (unpaired) electrons. The Labute approximate surface area is 329 Å². The van der Waals surface area contributed by atoms with E-state index in [0.29, 0.717) is 37.8 Å². The molecule has 1 saturated heterocycles. The van der Waals surface area contributed by atoms with Crippen LogP contribution in [0.25, 0.3) is 0 Å². The number of ketones is 2. The summed E-state index contributed by atoms with van der Waals surface area (Å²) in [4.78, 5) is 35.7. The highest BCUT2D eigenvalue weighted by molar-refractivity contribution is 6.01. The van der Waals surface area contributed by atoms with Crippen molar-refractivity contribution in [3.8, 4) is 11.5 Å². The molecule has 1 aliphatic heterocycles. The number of carbonyl (C=O) groups is 3. The smallest absolute Gasteiger partial charge is 0.211 e. The average molecular weight is 775 g/mol. The minimum atomic E-state index is -1.20. The molecular weight excluding hydrogens is 716 g/mol. The van der Waals surface area contributed by atoms with E-state index in [1.54, 1.807) is 31.4 Å². The van der Waals surface area contributed by atoms with Crippen molar-refractivity contribution in [1.82, 2.24) is 5.32 Å². The Morgan fingerprint density at radius 1 is 1.16 bits per heavy atom. The van der Waals surface area contributed by atoms with Crippen molar-refractivity contribution in [2.45, 2.75) is 109 Å². The predicted octanol–water partition coefficient (Wildman–Crippen LogP) is 4.94. The highest BCUT2D eigenvalue weighted by Gasteiger charge is 2.75. The van der Waals surface area contributed by atoms with Gasteiger partial charge in [0.05, 0.1) is 31.1 Å². The molecule has 0 bridgehead atoms. The van der Waals surface area contributed by atoms with Gasteiger partial charge in [-0.25, -0.2) is 0 Å². The standard InChI is InChI=1S/C25H34O6.C19H24N2O4/c1-4-5-21-30-20-11-17-16-7-6-14-10-15(27)8-9-23(14,2)22(16)18(28)12-24(17,3)25(20,31-21)19(29)13-26;1-13(9-14-3-6-16(25-2)7-4-14)20-11-19(24)15-5-8-18(23)17(10-15)21-12-22/h8-10,16-18,20-22,26,28H,4-7,11-13H2,1-3H3;3-8,10,12-13,19-20,23-24H,9,11H2,1-2H3,(H,21,22)/t16-,17-,18-,20+,21?,22+,23-,24-,25+;13-,19+/m01/s1. The zero-order chi connectivity index (χ0) is 40.4. The van der Waals surface area contributed by atoms with Gasteiger partial charge in [0, 0.05) is 29.3 Å². The zero-order valence-corrected chi connectivity index (χ0v) is 33.1. The van der Waals surface area contributed by atoms with Crippen molar-refractivity contribution in [1.29, 1.82) is 0 Å². The second kappa shape index (κ2) is 16.9. The van der Waals surface area contributed by atoms with Crippen molar-refractivity contribution >= 4 is 23.7 Å². The van der Waals surface area contributed by atoms with Gasteiger partial charge in [-0.1, -0.05) is 57.0 Å². The van der Waals surface area contributed by atoms with E-state index in [9.17, 15) is 34.8 Å². The first-order valence-electron chi connectivity index (χ1n) is 19.9. The van der Waals surface area contributed by atoms with Crippen LogP contribution in [0.5, 0.6) is 11.5 Å². The summed E-state index contributed by atoms with van der Waals surface area (Å²) >= 11 is 0. The van der Waals surface area contributed by atoms with Crippen LogP contribution in [0.2, 0.25) is 0 Å². The largest absolute Gasteiger partial charge is 0.506 e. The van der Waals surface area contributed by atoms with E-state index in [0.717, 1.165) is 37.0 Å². The number of hydrogen-bond acceptors (Lipinski definition) is 11. The molecule has 2 aromatic rings. The van der Waals surface area contributed by atoms with Gasteiger partial charge in [-0.05, 0) is 105 Å². The van der Waals surface area contributed by atoms with E-state index in [1.807, 2.05) is 37.3 Å². The number of nitrogens with one attached hydrogen (secondary N) is 2. The Balaban J connectivity index is 0.000000195. The third kappa shape index (κ3) is 7.59. The number of fused-ring (bicyclic) bond motifs is 7. The van der Waals surface area contributed by atoms with Gasteiger partial charge < -0.3 is 45.3 Å². The van der Waals surface area contributed by atoms with Gasteiger partial charge in [-0.15, -0.1) is 0 Å². The van der Waals surface area contributed by atoms with Crippen molar-refractivity contribution in [2.24, 2.45) is 28.6 Å². The number of carbonyl (C=O) groups excluding carboxylic acids is 3. The predicted molar refractivity (Wildman–Crippen MR) is 210 cm³/mol. The van der Waals surface area contributed by atoms with Crippen LogP contribution < -0.4 is 15.4 Å². The molecular formula is C44H58N2O10. The van der Waals surface area contributed by atoms with Crippen LogP contribution >= 0.6 is 0 Å². The van der Waals surface area contributed by atoms with Crippen LogP contribution in [0.1, 0.15) is 83.5 Å². The molecule has 304 valence electrons. The number of methoxy groups -OCH3 is 1. The summed E-state index contributed by atoms with van der Waals surface area (Å²) in [5.41, 5.74) is 1.02. The maximum absolute atomic E-state index is 13.2. The van der Waals surface area contributed by atoms with Crippen LogP contribution in [0, 0.1) is 28.6 Å². The number of allylic oxidation sites excluding steroid dienone is 4. The number of phenolic OH excluding ortho intramolecular Hbond substituents is 1. The fourth-order valence-electron chi connectivity index (χ4n) is 10.7. The fourth-order valence-corrected chi connectivity index (χ4v) is 10.7. The number of ether oxygens (including phenoxy) is 3. The van der Waals surface area contributed by atoms with Crippen LogP contribution in [0.15, 0.2) is 66.3 Å². The fraction of sp³-hybridized carbons (Fsp3) is 0.568. The molecule has 12 heteroatoms. The monoisotopic (exact) mass is 774 g/mol. The van der Waals surface area contributed by atoms with Gasteiger partial charge in [-0.2, -0.15) is 0 Å². The summed E-state index contributed by atoms with van der Waals surface area (Å²) in [6.45, 7) is 8.09. The van der Waals surface area contributed by atoms with Crippen molar-refractivity contribution < 1.29 is 49.0 Å². The number of aromatic hydroxyl groups is 1. The highest BCUT2D eigenvalue weighted by atomic mass is 16.7. The lowest BCUT2D eigenvalue weighted by molar-refractivity contribution is -0.200. The lowest BCUT2D eigenvalue weighted by Gasteiger charge is -2.59. The summed E-state index contributed by atoms with van der Waals surface area (Å²) in [5.74, 6) is 0.815. The SMILES string of the molecule is CCCC1O[C@@H]2C[C@H]3[C@@H]4CCC5=CC(=O)C=C[C@]5(C)[C@H]4[C@@H](O)C[C@]3(C)[C@]2(C(=O)CO)O1.COc1ccc(C[C@@H](C)NC[C@H](O)c2ccc(O)c(NC=O)c2)cc1. The minimum absolute atomic E-state index is 0.0125. The number of aliphatic hydroxyl groups excluding tert-OH is 3. The van der Waals surface area contributed by atoms with Crippen LogP contribution in [-0.4, -0.2) is 88.8 Å². The van der Waals surface area contributed by atoms with Gasteiger partial charge in [0.1, 0.15) is 18.1 Å². The molecule has 56 heavy (non-hydrogen) atoms. The van der Waals surface area contributed by atoms with Gasteiger partial charge >= 0.3 is 0 Å². The quantitative estimate of drug-likeness (QED) is 0.120. The Hall–Kier alpha value is -3.91. The number of rotatable bonds is 13. The number of Topliss-reactive ketones (excluding diaryl/α,β-unsaturated/α-hetero) is 1. The van der Waals surface area contributed by atoms with E-state index >= 15 is 0 Å². The Morgan fingerprint density at radius 3 is 2.59 bits per heavy atom. The lowest BCUT2D eigenvalue weighted by atomic mass is 9.46. The van der Waals surface area contributed by atoms with E-state index in [2.05, 4.69) is 31.4 Å².